The molecule has 3 N–H and O–H groups in total. The van der Waals surface area contributed by atoms with Crippen LogP contribution in [0.5, 0.6) is 0 Å². The molecule has 0 radical (unpaired) electrons. The first-order chi connectivity index (χ1) is 12.4. The van der Waals surface area contributed by atoms with Crippen LogP contribution in [0, 0.1) is 10.1 Å². The molecule has 0 saturated carbocycles. The van der Waals surface area contributed by atoms with Gasteiger partial charge in [-0.25, -0.2) is 4.79 Å². The second kappa shape index (κ2) is 6.78. The van der Waals surface area contributed by atoms with Gasteiger partial charge in [-0.15, -0.1) is 0 Å². The Bertz CT molecular complexity index is 870. The number of carboxylic acids is 1. The van der Waals surface area contributed by atoms with Crippen LogP contribution in [-0.4, -0.2) is 44.7 Å². The maximum atomic E-state index is 12.9. The number of aliphatic carboxylic acids is 1. The first-order valence-electron chi connectivity index (χ1n) is 8.08. The molecule has 1 aromatic rings. The molecule has 1 aliphatic heterocycles. The molecule has 1 atom stereocenters. The quantitative estimate of drug-likeness (QED) is 0.428. The Morgan fingerprint density at radius 2 is 1.85 bits per heavy atom. The van der Waals surface area contributed by atoms with Gasteiger partial charge in [-0.1, -0.05) is 20.8 Å². The van der Waals surface area contributed by atoms with E-state index in [0.29, 0.717) is 4.90 Å². The largest absolute Gasteiger partial charge is 0.480 e. The van der Waals surface area contributed by atoms with E-state index >= 15 is 0 Å². The fraction of sp³-hybridized carbons (Fsp3) is 0.412. The van der Waals surface area contributed by atoms with Crippen molar-refractivity contribution in [2.45, 2.75) is 45.1 Å². The Balaban J connectivity index is 2.64. The molecule has 0 aliphatic carbocycles. The van der Waals surface area contributed by atoms with E-state index in [0.717, 1.165) is 12.1 Å². The summed E-state index contributed by atoms with van der Waals surface area (Å²) in [5, 5.41) is 20.8. The average molecular weight is 377 g/mol. The molecular formula is C17H19N3O7. The van der Waals surface area contributed by atoms with Gasteiger partial charge in [0.2, 0.25) is 5.91 Å². The van der Waals surface area contributed by atoms with Crippen LogP contribution in [0.1, 0.15) is 59.9 Å². The Morgan fingerprint density at radius 1 is 1.26 bits per heavy atom. The van der Waals surface area contributed by atoms with Crippen molar-refractivity contribution in [3.8, 4) is 0 Å². The van der Waals surface area contributed by atoms with Crippen LogP contribution in [-0.2, 0) is 15.0 Å². The van der Waals surface area contributed by atoms with Crippen molar-refractivity contribution in [1.82, 2.24) is 4.90 Å². The third-order valence-corrected chi connectivity index (χ3v) is 4.27. The van der Waals surface area contributed by atoms with Gasteiger partial charge in [-0.05, 0) is 17.9 Å². The number of nitro groups is 1. The Labute approximate surface area is 154 Å². The van der Waals surface area contributed by atoms with Gasteiger partial charge in [-0.2, -0.15) is 0 Å². The summed E-state index contributed by atoms with van der Waals surface area (Å²) in [5.41, 5.74) is 3.64. The molecule has 3 amide bonds. The van der Waals surface area contributed by atoms with E-state index in [1.807, 2.05) is 0 Å². The minimum Gasteiger partial charge on any atom is -0.480 e. The Morgan fingerprint density at radius 3 is 2.30 bits per heavy atom. The standard InChI is InChI=1S/C17H19N3O7/c1-17(2,3)13-9(20(26)27)5-4-8-12(13)15(23)19(14(8)22)10(16(24)25)6-7-11(18)21/h4-5,10H,6-7H2,1-3H3,(H2,18,21)(H,24,25)/t10-/m1/s1. The zero-order valence-electron chi connectivity index (χ0n) is 15.0. The van der Waals surface area contributed by atoms with Gasteiger partial charge in [-0.3, -0.25) is 29.4 Å². The number of hydrogen-bond donors (Lipinski definition) is 2. The molecule has 144 valence electrons. The highest BCUT2D eigenvalue weighted by molar-refractivity contribution is 6.23. The molecule has 0 bridgehead atoms. The molecule has 0 unspecified atom stereocenters. The lowest BCUT2D eigenvalue weighted by Gasteiger charge is -2.23. The molecule has 10 nitrogen and oxygen atoms in total. The van der Waals surface area contributed by atoms with Gasteiger partial charge in [0.1, 0.15) is 6.04 Å². The molecule has 0 fully saturated rings. The number of carboxylic acid groups (broad SMARTS) is 1. The highest BCUT2D eigenvalue weighted by Crippen LogP contribution is 2.40. The predicted octanol–water partition coefficient (Wildman–Crippen LogP) is 1.21. The molecule has 0 saturated heterocycles. The zero-order valence-corrected chi connectivity index (χ0v) is 15.0. The van der Waals surface area contributed by atoms with Gasteiger partial charge in [0.25, 0.3) is 17.5 Å². The second-order valence-corrected chi connectivity index (χ2v) is 7.23. The summed E-state index contributed by atoms with van der Waals surface area (Å²) in [6, 6.07) is 0.681. The van der Waals surface area contributed by atoms with Gasteiger partial charge >= 0.3 is 5.97 Å². The topological polar surface area (TPSA) is 161 Å². The van der Waals surface area contributed by atoms with Crippen LogP contribution in [0.3, 0.4) is 0 Å². The maximum absolute atomic E-state index is 12.9. The van der Waals surface area contributed by atoms with Crippen LogP contribution in [0.2, 0.25) is 0 Å². The molecule has 10 heteroatoms. The van der Waals surface area contributed by atoms with Crippen LogP contribution in [0.25, 0.3) is 0 Å². The highest BCUT2D eigenvalue weighted by atomic mass is 16.6. The van der Waals surface area contributed by atoms with E-state index in [-0.39, 0.29) is 35.2 Å². The number of nitrogens with zero attached hydrogens (tertiary/aromatic N) is 2. The number of nitro benzene ring substituents is 1. The molecule has 2 rings (SSSR count). The van der Waals surface area contributed by atoms with Crippen molar-refractivity contribution in [2.24, 2.45) is 5.73 Å². The summed E-state index contributed by atoms with van der Waals surface area (Å²) in [6.45, 7) is 4.95. The monoisotopic (exact) mass is 377 g/mol. The number of hydrogen-bond acceptors (Lipinski definition) is 6. The molecule has 27 heavy (non-hydrogen) atoms. The number of carbonyl (C=O) groups is 4. The maximum Gasteiger partial charge on any atom is 0.326 e. The number of primary amides is 1. The minimum absolute atomic E-state index is 0.0601. The predicted molar refractivity (Wildman–Crippen MR) is 92.1 cm³/mol. The lowest BCUT2D eigenvalue weighted by molar-refractivity contribution is -0.386. The van der Waals surface area contributed by atoms with Crippen LogP contribution in [0.4, 0.5) is 5.69 Å². The third kappa shape index (κ3) is 3.50. The fourth-order valence-corrected chi connectivity index (χ4v) is 3.17. The van der Waals surface area contributed by atoms with Crippen LogP contribution in [0.15, 0.2) is 12.1 Å². The molecule has 0 aromatic heterocycles. The lowest BCUT2D eigenvalue weighted by atomic mass is 9.81. The first-order valence-corrected chi connectivity index (χ1v) is 8.08. The van der Waals surface area contributed by atoms with Gasteiger partial charge < -0.3 is 10.8 Å². The third-order valence-electron chi connectivity index (χ3n) is 4.27. The van der Waals surface area contributed by atoms with Crippen molar-refractivity contribution in [1.29, 1.82) is 0 Å². The number of carbonyl (C=O) groups excluding carboxylic acids is 3. The van der Waals surface area contributed by atoms with Crippen molar-refractivity contribution < 1.29 is 29.2 Å². The Kier molecular flexibility index (Phi) is 5.03. The summed E-state index contributed by atoms with van der Waals surface area (Å²) >= 11 is 0. The summed E-state index contributed by atoms with van der Waals surface area (Å²) in [4.78, 5) is 59.5. The fourth-order valence-electron chi connectivity index (χ4n) is 3.17. The first kappa shape index (κ1) is 20.0. The van der Waals surface area contributed by atoms with Gasteiger partial charge in [0.15, 0.2) is 0 Å². The van der Waals surface area contributed by atoms with E-state index in [1.165, 1.54) is 0 Å². The smallest absolute Gasteiger partial charge is 0.326 e. The number of nitrogens with two attached hydrogens (primary N) is 1. The Hall–Kier alpha value is -3.30. The summed E-state index contributed by atoms with van der Waals surface area (Å²) in [6.07, 6.45) is -0.681. The van der Waals surface area contributed by atoms with Crippen molar-refractivity contribution in [2.75, 3.05) is 0 Å². The minimum atomic E-state index is -1.60. The average Bonchev–Trinajstić information content (AvgIpc) is 2.77. The van der Waals surface area contributed by atoms with Crippen LogP contribution >= 0.6 is 0 Å². The second-order valence-electron chi connectivity index (χ2n) is 7.23. The highest BCUT2D eigenvalue weighted by Gasteiger charge is 2.47. The molecular weight excluding hydrogens is 358 g/mol. The van der Waals surface area contributed by atoms with E-state index in [1.54, 1.807) is 20.8 Å². The number of benzene rings is 1. The zero-order chi connectivity index (χ0) is 20.7. The number of amides is 3. The number of imide groups is 1. The van der Waals surface area contributed by atoms with Gasteiger partial charge in [0, 0.05) is 18.1 Å². The van der Waals surface area contributed by atoms with Crippen molar-refractivity contribution >= 4 is 29.4 Å². The van der Waals surface area contributed by atoms with E-state index in [2.05, 4.69) is 0 Å². The van der Waals surface area contributed by atoms with Gasteiger partial charge in [0.05, 0.1) is 16.1 Å². The number of fused-ring (bicyclic) bond motifs is 1. The van der Waals surface area contributed by atoms with E-state index in [4.69, 9.17) is 5.73 Å². The summed E-state index contributed by atoms with van der Waals surface area (Å²) in [7, 11) is 0. The normalized spacial score (nSPS) is 14.9. The van der Waals surface area contributed by atoms with E-state index in [9.17, 15) is 34.4 Å². The number of rotatable bonds is 6. The molecule has 0 spiro atoms. The summed E-state index contributed by atoms with van der Waals surface area (Å²) in [5.74, 6) is -4.05. The summed E-state index contributed by atoms with van der Waals surface area (Å²) < 4.78 is 0. The van der Waals surface area contributed by atoms with Crippen molar-refractivity contribution in [3.05, 3.63) is 38.9 Å². The SMILES string of the molecule is CC(C)(C)c1c([N+](=O)[O-])ccc2c1C(=O)N([C@H](CCC(N)=O)C(=O)O)C2=O. The molecule has 1 heterocycles. The van der Waals surface area contributed by atoms with Crippen molar-refractivity contribution in [3.63, 3.8) is 0 Å². The molecule has 1 aromatic carbocycles. The lowest BCUT2D eigenvalue weighted by Crippen LogP contribution is -2.45. The van der Waals surface area contributed by atoms with Crippen LogP contribution < -0.4 is 5.73 Å². The van der Waals surface area contributed by atoms with E-state index < -0.39 is 40.1 Å². The molecule has 1 aliphatic rings.